The van der Waals surface area contributed by atoms with Crippen molar-refractivity contribution in [1.29, 1.82) is 0 Å². The van der Waals surface area contributed by atoms with E-state index in [0.717, 1.165) is 28.6 Å². The first kappa shape index (κ1) is 16.4. The fraction of sp³-hybridized carbons (Fsp3) is 0.263. The van der Waals surface area contributed by atoms with Crippen molar-refractivity contribution in [2.24, 2.45) is 0 Å². The SMILES string of the molecule is CC1c2cc(F)ccc2CCN1Cc1nnc(-c2cccc(Br)c2)o1. The molecule has 0 saturated heterocycles. The van der Waals surface area contributed by atoms with Crippen molar-refractivity contribution in [2.75, 3.05) is 6.54 Å². The van der Waals surface area contributed by atoms with Gasteiger partial charge >= 0.3 is 0 Å². The molecule has 1 unspecified atom stereocenters. The molecule has 0 aliphatic carbocycles. The first-order valence-corrected chi connectivity index (χ1v) is 9.00. The highest BCUT2D eigenvalue weighted by Crippen LogP contribution is 2.31. The van der Waals surface area contributed by atoms with Crippen LogP contribution in [0.5, 0.6) is 0 Å². The summed E-state index contributed by atoms with van der Waals surface area (Å²) in [7, 11) is 0. The van der Waals surface area contributed by atoms with Crippen LogP contribution in [0.15, 0.2) is 51.4 Å². The maximum absolute atomic E-state index is 13.6. The maximum Gasteiger partial charge on any atom is 0.247 e. The van der Waals surface area contributed by atoms with E-state index in [0.29, 0.717) is 18.3 Å². The Bertz CT molecular complexity index is 911. The Morgan fingerprint density at radius 2 is 2.12 bits per heavy atom. The molecule has 0 radical (unpaired) electrons. The fourth-order valence-corrected chi connectivity index (χ4v) is 3.68. The molecule has 4 nitrogen and oxygen atoms in total. The second-order valence-electron chi connectivity index (χ2n) is 6.25. The zero-order chi connectivity index (χ0) is 17.4. The summed E-state index contributed by atoms with van der Waals surface area (Å²) in [5.41, 5.74) is 3.13. The number of rotatable bonds is 3. The number of hydrogen-bond acceptors (Lipinski definition) is 4. The molecular formula is C19H17BrFN3O. The highest BCUT2D eigenvalue weighted by Gasteiger charge is 2.25. The largest absolute Gasteiger partial charge is 0.419 e. The summed E-state index contributed by atoms with van der Waals surface area (Å²) in [5, 5.41) is 8.33. The monoisotopic (exact) mass is 401 g/mol. The fourth-order valence-electron chi connectivity index (χ4n) is 3.28. The zero-order valence-electron chi connectivity index (χ0n) is 13.7. The van der Waals surface area contributed by atoms with Gasteiger partial charge in [0.05, 0.1) is 6.54 Å². The number of halogens is 2. The summed E-state index contributed by atoms with van der Waals surface area (Å²) < 4.78 is 20.4. The van der Waals surface area contributed by atoms with Gasteiger partial charge in [0.2, 0.25) is 11.8 Å². The van der Waals surface area contributed by atoms with Crippen LogP contribution in [0.4, 0.5) is 4.39 Å². The van der Waals surface area contributed by atoms with E-state index >= 15 is 0 Å². The molecule has 0 fully saturated rings. The van der Waals surface area contributed by atoms with Crippen molar-refractivity contribution < 1.29 is 8.81 Å². The lowest BCUT2D eigenvalue weighted by Gasteiger charge is -2.34. The van der Waals surface area contributed by atoms with Gasteiger partial charge in [-0.3, -0.25) is 4.90 Å². The first-order valence-electron chi connectivity index (χ1n) is 8.21. The summed E-state index contributed by atoms with van der Waals surface area (Å²) in [4.78, 5) is 2.24. The highest BCUT2D eigenvalue weighted by molar-refractivity contribution is 9.10. The Hall–Kier alpha value is -2.05. The highest BCUT2D eigenvalue weighted by atomic mass is 79.9. The number of nitrogens with zero attached hydrogens (tertiary/aromatic N) is 3. The van der Waals surface area contributed by atoms with E-state index < -0.39 is 0 Å². The Balaban J connectivity index is 1.53. The van der Waals surface area contributed by atoms with Crippen molar-refractivity contribution >= 4 is 15.9 Å². The van der Waals surface area contributed by atoms with Crippen molar-refractivity contribution in [2.45, 2.75) is 25.9 Å². The average Bonchev–Trinajstić information content (AvgIpc) is 3.07. The van der Waals surface area contributed by atoms with E-state index in [1.807, 2.05) is 30.3 Å². The van der Waals surface area contributed by atoms with E-state index in [2.05, 4.69) is 38.0 Å². The van der Waals surface area contributed by atoms with Crippen molar-refractivity contribution in [3.8, 4) is 11.5 Å². The predicted octanol–water partition coefficient (Wildman–Crippen LogP) is 4.76. The standard InChI is InChI=1S/C19H17BrFN3O/c1-12-17-10-16(21)6-5-13(17)7-8-24(12)11-18-22-23-19(25-18)14-3-2-4-15(20)9-14/h2-6,9-10,12H,7-8,11H2,1H3. The summed E-state index contributed by atoms with van der Waals surface area (Å²) in [5.74, 6) is 0.885. The smallest absolute Gasteiger partial charge is 0.247 e. The Kier molecular flexibility index (Phi) is 4.39. The van der Waals surface area contributed by atoms with Crippen LogP contribution < -0.4 is 0 Å². The molecule has 1 aromatic heterocycles. The molecule has 0 saturated carbocycles. The van der Waals surface area contributed by atoms with Crippen LogP contribution in [0.3, 0.4) is 0 Å². The zero-order valence-corrected chi connectivity index (χ0v) is 15.3. The third-order valence-electron chi connectivity index (χ3n) is 4.65. The lowest BCUT2D eigenvalue weighted by atomic mass is 9.93. The van der Waals surface area contributed by atoms with Gasteiger partial charge in [0.1, 0.15) is 5.82 Å². The summed E-state index contributed by atoms with van der Waals surface area (Å²) in [6, 6.07) is 12.9. The van der Waals surface area contributed by atoms with Gasteiger partial charge in [-0.25, -0.2) is 4.39 Å². The summed E-state index contributed by atoms with van der Waals surface area (Å²) in [6.45, 7) is 3.52. The van der Waals surface area contributed by atoms with Gasteiger partial charge in [-0.05, 0) is 54.8 Å². The molecular weight excluding hydrogens is 385 g/mol. The van der Waals surface area contributed by atoms with E-state index in [9.17, 15) is 4.39 Å². The van der Waals surface area contributed by atoms with Gasteiger partial charge in [-0.1, -0.05) is 28.1 Å². The lowest BCUT2D eigenvalue weighted by Crippen LogP contribution is -2.33. The van der Waals surface area contributed by atoms with Gasteiger partial charge in [0.15, 0.2) is 0 Å². The summed E-state index contributed by atoms with van der Waals surface area (Å²) >= 11 is 3.45. The Morgan fingerprint density at radius 3 is 2.96 bits per heavy atom. The second kappa shape index (κ2) is 6.69. The molecule has 3 aromatic rings. The average molecular weight is 402 g/mol. The van der Waals surface area contributed by atoms with Gasteiger partial charge < -0.3 is 4.42 Å². The molecule has 1 atom stereocenters. The lowest BCUT2D eigenvalue weighted by molar-refractivity contribution is 0.172. The van der Waals surface area contributed by atoms with Crippen LogP contribution in [0.1, 0.15) is 30.0 Å². The van der Waals surface area contributed by atoms with Crippen molar-refractivity contribution in [1.82, 2.24) is 15.1 Å². The minimum Gasteiger partial charge on any atom is -0.419 e. The molecule has 1 aliphatic heterocycles. The Labute approximate surface area is 153 Å². The van der Waals surface area contributed by atoms with E-state index in [1.165, 1.54) is 11.6 Å². The topological polar surface area (TPSA) is 42.2 Å². The van der Waals surface area contributed by atoms with Crippen LogP contribution in [0.2, 0.25) is 0 Å². The number of aromatic nitrogens is 2. The van der Waals surface area contributed by atoms with Gasteiger partial charge in [-0.2, -0.15) is 0 Å². The minimum absolute atomic E-state index is 0.112. The molecule has 128 valence electrons. The molecule has 25 heavy (non-hydrogen) atoms. The molecule has 1 aliphatic rings. The molecule has 2 aromatic carbocycles. The van der Waals surface area contributed by atoms with Crippen molar-refractivity contribution in [3.63, 3.8) is 0 Å². The predicted molar refractivity (Wildman–Crippen MR) is 96.4 cm³/mol. The maximum atomic E-state index is 13.6. The first-order chi connectivity index (χ1) is 12.1. The van der Waals surface area contributed by atoms with E-state index in [4.69, 9.17) is 4.42 Å². The van der Waals surface area contributed by atoms with Gasteiger partial charge in [0.25, 0.3) is 0 Å². The molecule has 0 amide bonds. The van der Waals surface area contributed by atoms with E-state index in [-0.39, 0.29) is 11.9 Å². The molecule has 0 N–H and O–H groups in total. The second-order valence-corrected chi connectivity index (χ2v) is 7.17. The molecule has 0 spiro atoms. The third kappa shape index (κ3) is 3.37. The van der Waals surface area contributed by atoms with Crippen LogP contribution in [0, 0.1) is 5.82 Å². The van der Waals surface area contributed by atoms with Crippen molar-refractivity contribution in [3.05, 3.63) is 69.8 Å². The van der Waals surface area contributed by atoms with E-state index in [1.54, 1.807) is 6.07 Å². The third-order valence-corrected chi connectivity index (χ3v) is 5.14. The molecule has 4 rings (SSSR count). The normalized spacial score (nSPS) is 17.5. The summed E-state index contributed by atoms with van der Waals surface area (Å²) in [6.07, 6.45) is 0.895. The number of benzene rings is 2. The Morgan fingerprint density at radius 1 is 1.24 bits per heavy atom. The molecule has 6 heteroatoms. The van der Waals surface area contributed by atoms with Crippen LogP contribution in [0.25, 0.3) is 11.5 Å². The number of hydrogen-bond donors (Lipinski definition) is 0. The van der Waals surface area contributed by atoms with Crippen LogP contribution in [-0.2, 0) is 13.0 Å². The van der Waals surface area contributed by atoms with Gasteiger partial charge in [-0.15, -0.1) is 10.2 Å². The quantitative estimate of drug-likeness (QED) is 0.634. The van der Waals surface area contributed by atoms with Gasteiger partial charge in [0, 0.05) is 22.6 Å². The van der Waals surface area contributed by atoms with Crippen LogP contribution >= 0.6 is 15.9 Å². The minimum atomic E-state index is -0.192. The molecule has 0 bridgehead atoms. The number of fused-ring (bicyclic) bond motifs is 1. The molecule has 2 heterocycles. The van der Waals surface area contributed by atoms with Crippen LogP contribution in [-0.4, -0.2) is 21.6 Å².